The first kappa shape index (κ1) is 15.8. The molecule has 2 N–H and O–H groups in total. The quantitative estimate of drug-likeness (QED) is 0.760. The Morgan fingerprint density at radius 3 is 2.48 bits per heavy atom. The smallest absolute Gasteiger partial charge is 0.477 e. The molecule has 0 aliphatic heterocycles. The second kappa shape index (κ2) is 6.94. The molecule has 6 heteroatoms. The molecule has 0 radical (unpaired) electrons. The Hall–Kier alpha value is -1.55. The van der Waals surface area contributed by atoms with Crippen LogP contribution in [0.1, 0.15) is 24.0 Å². The zero-order chi connectivity index (χ0) is 15.3. The third kappa shape index (κ3) is 3.38. The molecule has 0 aliphatic rings. The third-order valence-corrected chi connectivity index (χ3v) is 5.57. The average molecular weight is 323 g/mol. The molecule has 0 bridgehead atoms. The normalized spacial score (nSPS) is 14.4. The van der Waals surface area contributed by atoms with Crippen molar-refractivity contribution in [3.63, 3.8) is 0 Å². The lowest BCUT2D eigenvalue weighted by Gasteiger charge is -2.17. The maximum absolute atomic E-state index is 11.8. The molecule has 0 fully saturated rings. The van der Waals surface area contributed by atoms with Crippen molar-refractivity contribution in [2.24, 2.45) is 0 Å². The molecular weight excluding hydrogens is 307 g/mol. The monoisotopic (exact) mass is 323 g/mol. The molecule has 2 rings (SSSR count). The van der Waals surface area contributed by atoms with Gasteiger partial charge in [-0.3, -0.25) is 0 Å². The molecule has 21 heavy (non-hydrogen) atoms. The van der Waals surface area contributed by atoms with Crippen LogP contribution in [0.25, 0.3) is 0 Å². The number of carboxylic acid groups (broad SMARTS) is 1. The summed E-state index contributed by atoms with van der Waals surface area (Å²) in [7, 11) is -2.88. The SMILES string of the molecule is O=C(O)C(CCCc1ccsc1)(c1ccccc1)[P+](=O)O. The molecule has 2 unspecified atom stereocenters. The summed E-state index contributed by atoms with van der Waals surface area (Å²) < 4.78 is 11.8. The Balaban J connectivity index is 2.23. The van der Waals surface area contributed by atoms with Gasteiger partial charge in [0.05, 0.1) is 0 Å². The average Bonchev–Trinajstić information content (AvgIpc) is 2.97. The molecule has 2 atom stereocenters. The van der Waals surface area contributed by atoms with Crippen molar-refractivity contribution in [3.8, 4) is 0 Å². The molecule has 110 valence electrons. The van der Waals surface area contributed by atoms with E-state index in [1.165, 1.54) is 0 Å². The van der Waals surface area contributed by atoms with E-state index in [0.717, 1.165) is 5.56 Å². The van der Waals surface area contributed by atoms with Crippen molar-refractivity contribution in [2.45, 2.75) is 24.4 Å². The van der Waals surface area contributed by atoms with E-state index in [2.05, 4.69) is 0 Å². The van der Waals surface area contributed by atoms with Gasteiger partial charge in [-0.15, -0.1) is 0 Å². The maximum Gasteiger partial charge on any atom is 0.528 e. The van der Waals surface area contributed by atoms with Crippen LogP contribution in [0.15, 0.2) is 47.2 Å². The Morgan fingerprint density at radius 1 is 1.24 bits per heavy atom. The van der Waals surface area contributed by atoms with Gasteiger partial charge in [0, 0.05) is 12.0 Å². The highest BCUT2D eigenvalue weighted by Crippen LogP contribution is 2.48. The molecule has 1 heterocycles. The predicted octanol–water partition coefficient (Wildman–Crippen LogP) is 3.79. The van der Waals surface area contributed by atoms with Gasteiger partial charge in [-0.05, 0) is 39.8 Å². The second-order valence-electron chi connectivity index (χ2n) is 4.79. The lowest BCUT2D eigenvalue weighted by Crippen LogP contribution is -2.32. The highest BCUT2D eigenvalue weighted by atomic mass is 32.1. The summed E-state index contributed by atoms with van der Waals surface area (Å²) in [4.78, 5) is 21.4. The molecule has 0 aliphatic carbocycles. The van der Waals surface area contributed by atoms with E-state index in [-0.39, 0.29) is 6.42 Å². The molecule has 1 aromatic heterocycles. The Morgan fingerprint density at radius 2 is 1.95 bits per heavy atom. The van der Waals surface area contributed by atoms with E-state index in [9.17, 15) is 19.4 Å². The van der Waals surface area contributed by atoms with Gasteiger partial charge in [-0.25, -0.2) is 4.79 Å². The van der Waals surface area contributed by atoms with E-state index in [1.54, 1.807) is 41.7 Å². The van der Waals surface area contributed by atoms with Crippen molar-refractivity contribution >= 4 is 25.3 Å². The number of hydrogen-bond donors (Lipinski definition) is 2. The van der Waals surface area contributed by atoms with Gasteiger partial charge < -0.3 is 5.11 Å². The largest absolute Gasteiger partial charge is 0.528 e. The topological polar surface area (TPSA) is 74.6 Å². The van der Waals surface area contributed by atoms with Crippen LogP contribution >= 0.6 is 19.4 Å². The molecule has 2 aromatic rings. The summed E-state index contributed by atoms with van der Waals surface area (Å²) in [6.45, 7) is 0. The summed E-state index contributed by atoms with van der Waals surface area (Å²) in [6, 6.07) is 10.3. The Labute approximate surface area is 127 Å². The molecular formula is C15H16O4PS+. The van der Waals surface area contributed by atoms with Crippen LogP contribution in [0, 0.1) is 0 Å². The van der Waals surface area contributed by atoms with E-state index >= 15 is 0 Å². The minimum atomic E-state index is -2.88. The number of aryl methyl sites for hydroxylation is 1. The number of carbonyl (C=O) groups is 1. The minimum absolute atomic E-state index is 0.133. The molecule has 0 saturated heterocycles. The van der Waals surface area contributed by atoms with Crippen molar-refractivity contribution in [2.75, 3.05) is 0 Å². The molecule has 0 spiro atoms. The third-order valence-electron chi connectivity index (χ3n) is 3.52. The Kier molecular flexibility index (Phi) is 5.23. The standard InChI is InChI=1S/C15H15O4PS/c16-14(17)15(20(18)19,13-6-2-1-3-7-13)9-4-5-12-8-10-21-11-12/h1-3,6-8,10-11H,4-5,9H2,(H-,16,17,18,19)/p+1. The second-order valence-corrected chi connectivity index (χ2v) is 6.88. The highest BCUT2D eigenvalue weighted by molar-refractivity contribution is 7.41. The number of carboxylic acids is 1. The fraction of sp³-hybridized carbons (Fsp3) is 0.267. The van der Waals surface area contributed by atoms with Crippen LogP contribution in [0.5, 0.6) is 0 Å². The van der Waals surface area contributed by atoms with Gasteiger partial charge in [-0.1, -0.05) is 30.3 Å². The zero-order valence-corrected chi connectivity index (χ0v) is 13.0. The Bertz CT molecular complexity index is 596. The predicted molar refractivity (Wildman–Crippen MR) is 82.8 cm³/mol. The number of thiophene rings is 1. The van der Waals surface area contributed by atoms with E-state index in [4.69, 9.17) is 0 Å². The molecule has 0 saturated carbocycles. The summed E-state index contributed by atoms with van der Waals surface area (Å²) in [5.74, 6) is -1.25. The lowest BCUT2D eigenvalue weighted by atomic mass is 9.92. The fourth-order valence-electron chi connectivity index (χ4n) is 2.36. The number of rotatable bonds is 7. The molecule has 0 amide bonds. The summed E-state index contributed by atoms with van der Waals surface area (Å²) in [5.41, 5.74) is 1.51. The first-order valence-corrected chi connectivity index (χ1v) is 8.69. The van der Waals surface area contributed by atoms with Gasteiger partial charge in [0.25, 0.3) is 0 Å². The van der Waals surface area contributed by atoms with Crippen LogP contribution in [-0.4, -0.2) is 16.0 Å². The van der Waals surface area contributed by atoms with Crippen LogP contribution in [-0.2, 0) is 20.9 Å². The minimum Gasteiger partial charge on any atom is -0.477 e. The molecule has 1 aromatic carbocycles. The van der Waals surface area contributed by atoms with Gasteiger partial charge in [0.2, 0.25) is 0 Å². The zero-order valence-electron chi connectivity index (χ0n) is 11.3. The van der Waals surface area contributed by atoms with Crippen molar-refractivity contribution < 1.29 is 19.4 Å². The van der Waals surface area contributed by atoms with Crippen molar-refractivity contribution in [1.29, 1.82) is 0 Å². The lowest BCUT2D eigenvalue weighted by molar-refractivity contribution is -0.140. The van der Waals surface area contributed by atoms with Crippen LogP contribution < -0.4 is 0 Å². The summed E-state index contributed by atoms with van der Waals surface area (Å²) in [5, 5.41) is 11.8. The van der Waals surface area contributed by atoms with Gasteiger partial charge in [0.15, 0.2) is 0 Å². The van der Waals surface area contributed by atoms with Gasteiger partial charge >= 0.3 is 19.2 Å². The van der Waals surface area contributed by atoms with Gasteiger partial charge in [-0.2, -0.15) is 16.2 Å². The molecule has 4 nitrogen and oxygen atoms in total. The number of benzene rings is 1. The summed E-state index contributed by atoms with van der Waals surface area (Å²) >= 11 is 1.58. The first-order chi connectivity index (χ1) is 10.1. The van der Waals surface area contributed by atoms with E-state index in [1.807, 2.05) is 16.8 Å². The van der Waals surface area contributed by atoms with Crippen LogP contribution in [0.4, 0.5) is 0 Å². The van der Waals surface area contributed by atoms with Crippen molar-refractivity contribution in [3.05, 3.63) is 58.3 Å². The fourth-order valence-corrected chi connectivity index (χ4v) is 3.95. The van der Waals surface area contributed by atoms with E-state index < -0.39 is 19.2 Å². The number of aliphatic carboxylic acids is 1. The van der Waals surface area contributed by atoms with Crippen LogP contribution in [0.2, 0.25) is 0 Å². The highest BCUT2D eigenvalue weighted by Gasteiger charge is 2.57. The summed E-state index contributed by atoms with van der Waals surface area (Å²) in [6.07, 6.45) is 1.38. The van der Waals surface area contributed by atoms with E-state index in [0.29, 0.717) is 18.4 Å². The number of hydrogen-bond acceptors (Lipinski definition) is 3. The van der Waals surface area contributed by atoms with Crippen molar-refractivity contribution in [1.82, 2.24) is 0 Å². The first-order valence-electron chi connectivity index (χ1n) is 6.53. The van der Waals surface area contributed by atoms with Gasteiger partial charge in [0.1, 0.15) is 0 Å². The van der Waals surface area contributed by atoms with Crippen LogP contribution in [0.3, 0.4) is 0 Å². The maximum atomic E-state index is 11.8.